The molecule has 0 aliphatic carbocycles. The third kappa shape index (κ3) is 2.74. The Morgan fingerprint density at radius 2 is 2.35 bits per heavy atom. The summed E-state index contributed by atoms with van der Waals surface area (Å²) >= 11 is 3.27. The van der Waals surface area contributed by atoms with E-state index in [0.717, 1.165) is 5.56 Å². The average molecular weight is 295 g/mol. The van der Waals surface area contributed by atoms with Crippen LogP contribution in [0.15, 0.2) is 45.9 Å². The molecule has 0 N–H and O–H groups in total. The number of nitrogens with zero attached hydrogens (tertiary/aromatic N) is 2. The van der Waals surface area contributed by atoms with Crippen LogP contribution >= 0.6 is 15.9 Å². The van der Waals surface area contributed by atoms with Crippen molar-refractivity contribution in [1.29, 1.82) is 0 Å². The van der Waals surface area contributed by atoms with Gasteiger partial charge in [-0.15, -0.1) is 0 Å². The Balaban J connectivity index is 2.13. The lowest BCUT2D eigenvalue weighted by Crippen LogP contribution is -2.26. The van der Waals surface area contributed by atoms with Gasteiger partial charge in [-0.25, -0.2) is 4.98 Å². The standard InChI is InChI=1S/C12H11BrN2O2/c1-15(7-9-4-6-17-8-9)12(16)10-3-2-5-14-11(10)13/h2-6,8H,7H2,1H3. The molecule has 0 atom stereocenters. The topological polar surface area (TPSA) is 46.3 Å². The molecule has 17 heavy (non-hydrogen) atoms. The van der Waals surface area contributed by atoms with Gasteiger partial charge in [-0.3, -0.25) is 4.79 Å². The van der Waals surface area contributed by atoms with Crippen molar-refractivity contribution in [2.45, 2.75) is 6.54 Å². The van der Waals surface area contributed by atoms with E-state index in [1.54, 1.807) is 42.8 Å². The zero-order valence-corrected chi connectivity index (χ0v) is 10.8. The number of hydrogen-bond donors (Lipinski definition) is 0. The molecule has 0 saturated carbocycles. The third-order valence-corrected chi connectivity index (χ3v) is 2.97. The van der Waals surface area contributed by atoms with Crippen molar-refractivity contribution in [3.63, 3.8) is 0 Å². The highest BCUT2D eigenvalue weighted by atomic mass is 79.9. The second-order valence-electron chi connectivity index (χ2n) is 3.63. The van der Waals surface area contributed by atoms with Gasteiger partial charge in [-0.2, -0.15) is 0 Å². The molecular formula is C12H11BrN2O2. The summed E-state index contributed by atoms with van der Waals surface area (Å²) in [6.45, 7) is 0.511. The molecule has 2 heterocycles. The molecule has 0 saturated heterocycles. The lowest BCUT2D eigenvalue weighted by Gasteiger charge is -2.16. The van der Waals surface area contributed by atoms with E-state index in [-0.39, 0.29) is 5.91 Å². The highest BCUT2D eigenvalue weighted by Crippen LogP contribution is 2.15. The first kappa shape index (κ1) is 11.9. The molecule has 0 unspecified atom stereocenters. The second kappa shape index (κ2) is 5.14. The number of pyridine rings is 1. The summed E-state index contributed by atoms with van der Waals surface area (Å²) in [7, 11) is 1.74. The first-order valence-electron chi connectivity index (χ1n) is 5.05. The summed E-state index contributed by atoms with van der Waals surface area (Å²) in [5.74, 6) is -0.0776. The molecule has 0 radical (unpaired) electrons. The Hall–Kier alpha value is -1.62. The summed E-state index contributed by atoms with van der Waals surface area (Å²) in [6.07, 6.45) is 4.85. The fourth-order valence-electron chi connectivity index (χ4n) is 1.48. The second-order valence-corrected chi connectivity index (χ2v) is 4.39. The Bertz CT molecular complexity index is 511. The van der Waals surface area contributed by atoms with Crippen molar-refractivity contribution in [3.8, 4) is 0 Å². The Morgan fingerprint density at radius 1 is 1.53 bits per heavy atom. The van der Waals surface area contributed by atoms with Crippen LogP contribution in [-0.4, -0.2) is 22.8 Å². The monoisotopic (exact) mass is 294 g/mol. The molecule has 2 aromatic rings. The molecular weight excluding hydrogens is 284 g/mol. The number of hydrogen-bond acceptors (Lipinski definition) is 3. The number of carbonyl (C=O) groups is 1. The largest absolute Gasteiger partial charge is 0.472 e. The average Bonchev–Trinajstić information content (AvgIpc) is 2.81. The van der Waals surface area contributed by atoms with Gasteiger partial charge in [0.15, 0.2) is 0 Å². The number of aromatic nitrogens is 1. The Morgan fingerprint density at radius 3 is 3.00 bits per heavy atom. The molecule has 2 aromatic heterocycles. The summed E-state index contributed by atoms with van der Waals surface area (Å²) in [6, 6.07) is 5.32. The quantitative estimate of drug-likeness (QED) is 0.818. The number of rotatable bonds is 3. The van der Waals surface area contributed by atoms with Gasteiger partial charge in [0.1, 0.15) is 4.60 Å². The van der Waals surface area contributed by atoms with Gasteiger partial charge in [0.05, 0.1) is 18.1 Å². The fourth-order valence-corrected chi connectivity index (χ4v) is 1.90. The fraction of sp³-hybridized carbons (Fsp3) is 0.167. The van der Waals surface area contributed by atoms with Gasteiger partial charge < -0.3 is 9.32 Å². The molecule has 0 fully saturated rings. The molecule has 0 aliphatic rings. The van der Waals surface area contributed by atoms with Crippen LogP contribution in [0.4, 0.5) is 0 Å². The van der Waals surface area contributed by atoms with Crippen molar-refractivity contribution in [3.05, 3.63) is 52.7 Å². The predicted octanol–water partition coefficient (Wildman–Crippen LogP) is 2.71. The molecule has 5 heteroatoms. The van der Waals surface area contributed by atoms with E-state index in [1.165, 1.54) is 0 Å². The zero-order chi connectivity index (χ0) is 12.3. The van der Waals surface area contributed by atoms with Crippen LogP contribution in [-0.2, 0) is 6.54 Å². The minimum absolute atomic E-state index is 0.0776. The summed E-state index contributed by atoms with van der Waals surface area (Å²) in [4.78, 5) is 17.8. The number of furan rings is 1. The predicted molar refractivity (Wildman–Crippen MR) is 66.4 cm³/mol. The van der Waals surface area contributed by atoms with Crippen LogP contribution in [0, 0.1) is 0 Å². The van der Waals surface area contributed by atoms with E-state index >= 15 is 0 Å². The lowest BCUT2D eigenvalue weighted by molar-refractivity contribution is 0.0783. The molecule has 4 nitrogen and oxygen atoms in total. The van der Waals surface area contributed by atoms with Crippen LogP contribution in [0.1, 0.15) is 15.9 Å². The van der Waals surface area contributed by atoms with Crippen molar-refractivity contribution in [2.75, 3.05) is 7.05 Å². The molecule has 0 aliphatic heterocycles. The van der Waals surface area contributed by atoms with Crippen molar-refractivity contribution in [1.82, 2.24) is 9.88 Å². The molecule has 0 bridgehead atoms. The van der Waals surface area contributed by atoms with E-state index in [4.69, 9.17) is 4.42 Å². The maximum Gasteiger partial charge on any atom is 0.256 e. The molecule has 2 rings (SSSR count). The van der Waals surface area contributed by atoms with Gasteiger partial charge in [-0.1, -0.05) is 0 Å². The van der Waals surface area contributed by atoms with E-state index in [1.807, 2.05) is 6.07 Å². The van der Waals surface area contributed by atoms with Crippen LogP contribution < -0.4 is 0 Å². The normalized spacial score (nSPS) is 10.2. The molecule has 0 spiro atoms. The van der Waals surface area contributed by atoms with Crippen LogP contribution in [0.2, 0.25) is 0 Å². The minimum atomic E-state index is -0.0776. The summed E-state index contributed by atoms with van der Waals surface area (Å²) in [5, 5.41) is 0. The summed E-state index contributed by atoms with van der Waals surface area (Å²) < 4.78 is 5.52. The number of carbonyl (C=O) groups excluding carboxylic acids is 1. The maximum absolute atomic E-state index is 12.1. The third-order valence-electron chi connectivity index (χ3n) is 2.34. The van der Waals surface area contributed by atoms with E-state index in [9.17, 15) is 4.79 Å². The van der Waals surface area contributed by atoms with Crippen LogP contribution in [0.25, 0.3) is 0 Å². The Kier molecular flexibility index (Phi) is 3.58. The highest BCUT2D eigenvalue weighted by Gasteiger charge is 2.15. The molecule has 0 aromatic carbocycles. The van der Waals surface area contributed by atoms with Gasteiger partial charge in [-0.05, 0) is 34.1 Å². The smallest absolute Gasteiger partial charge is 0.256 e. The van der Waals surface area contributed by atoms with Crippen LogP contribution in [0.5, 0.6) is 0 Å². The van der Waals surface area contributed by atoms with Gasteiger partial charge in [0, 0.05) is 25.4 Å². The van der Waals surface area contributed by atoms with Gasteiger partial charge >= 0.3 is 0 Å². The van der Waals surface area contributed by atoms with Crippen molar-refractivity contribution in [2.24, 2.45) is 0 Å². The van der Waals surface area contributed by atoms with Crippen molar-refractivity contribution >= 4 is 21.8 Å². The minimum Gasteiger partial charge on any atom is -0.472 e. The lowest BCUT2D eigenvalue weighted by atomic mass is 10.2. The number of amides is 1. The first-order chi connectivity index (χ1) is 8.18. The van der Waals surface area contributed by atoms with Crippen molar-refractivity contribution < 1.29 is 9.21 Å². The SMILES string of the molecule is CN(Cc1ccoc1)C(=O)c1cccnc1Br. The first-order valence-corrected chi connectivity index (χ1v) is 5.85. The van der Waals surface area contributed by atoms with Gasteiger partial charge in [0.2, 0.25) is 0 Å². The molecule has 88 valence electrons. The highest BCUT2D eigenvalue weighted by molar-refractivity contribution is 9.10. The summed E-state index contributed by atoms with van der Waals surface area (Å²) in [5.41, 5.74) is 1.51. The molecule has 1 amide bonds. The zero-order valence-electron chi connectivity index (χ0n) is 9.26. The number of halogens is 1. The van der Waals surface area contributed by atoms with E-state index in [2.05, 4.69) is 20.9 Å². The maximum atomic E-state index is 12.1. The Labute approximate surface area is 107 Å². The van der Waals surface area contributed by atoms with Gasteiger partial charge in [0.25, 0.3) is 5.91 Å². The van der Waals surface area contributed by atoms with Crippen LogP contribution in [0.3, 0.4) is 0 Å². The van der Waals surface area contributed by atoms with E-state index < -0.39 is 0 Å². The van der Waals surface area contributed by atoms with E-state index in [0.29, 0.717) is 16.7 Å².